The fraction of sp³-hybridized carbons (Fsp3) is 1.00. The molecule has 2 unspecified atom stereocenters. The molecule has 0 saturated heterocycles. The Hall–Kier alpha value is 0.310. The molecule has 84 valence electrons. The van der Waals surface area contributed by atoms with E-state index in [1.165, 1.54) is 50.3 Å². The van der Waals surface area contributed by atoms with Crippen LogP contribution in [0, 0.1) is 11.8 Å². The first-order valence-electron chi connectivity index (χ1n) is 6.11. The predicted molar refractivity (Wildman–Crippen MR) is 67.0 cm³/mol. The van der Waals surface area contributed by atoms with E-state index in [1.807, 2.05) is 0 Å². The van der Waals surface area contributed by atoms with Crippen molar-refractivity contribution in [2.24, 2.45) is 11.8 Å². The standard InChI is InChI=1S/C12H25NS/c1-3-14-8-4-7-13-10-12-6-5-11(2)9-12/h11-13H,3-10H2,1-2H3. The third kappa shape index (κ3) is 5.26. The number of rotatable bonds is 7. The van der Waals surface area contributed by atoms with Gasteiger partial charge in [-0.2, -0.15) is 11.8 Å². The summed E-state index contributed by atoms with van der Waals surface area (Å²) in [4.78, 5) is 0. The summed E-state index contributed by atoms with van der Waals surface area (Å²) < 4.78 is 0. The van der Waals surface area contributed by atoms with Crippen molar-refractivity contribution < 1.29 is 0 Å². The average Bonchev–Trinajstić information content (AvgIpc) is 2.58. The molecule has 2 atom stereocenters. The Labute approximate surface area is 93.4 Å². The van der Waals surface area contributed by atoms with Crippen LogP contribution in [0.3, 0.4) is 0 Å². The van der Waals surface area contributed by atoms with Crippen LogP contribution in [-0.2, 0) is 0 Å². The van der Waals surface area contributed by atoms with Gasteiger partial charge in [0.1, 0.15) is 0 Å². The first-order chi connectivity index (χ1) is 6.83. The zero-order chi connectivity index (χ0) is 10.2. The van der Waals surface area contributed by atoms with Gasteiger partial charge >= 0.3 is 0 Å². The number of hydrogen-bond acceptors (Lipinski definition) is 2. The SMILES string of the molecule is CCSCCCNCC1CCC(C)C1. The fourth-order valence-corrected chi connectivity index (χ4v) is 2.90. The minimum atomic E-state index is 0.976. The van der Waals surface area contributed by atoms with Gasteiger partial charge in [0.05, 0.1) is 0 Å². The van der Waals surface area contributed by atoms with E-state index in [0.717, 1.165) is 11.8 Å². The monoisotopic (exact) mass is 215 g/mol. The minimum absolute atomic E-state index is 0.976. The topological polar surface area (TPSA) is 12.0 Å². The van der Waals surface area contributed by atoms with Gasteiger partial charge in [-0.1, -0.05) is 20.3 Å². The number of nitrogens with one attached hydrogen (secondary N) is 1. The molecule has 0 radical (unpaired) electrons. The van der Waals surface area contributed by atoms with Crippen LogP contribution in [0.4, 0.5) is 0 Å². The predicted octanol–water partition coefficient (Wildman–Crippen LogP) is 3.16. The summed E-state index contributed by atoms with van der Waals surface area (Å²) in [5.74, 6) is 4.55. The summed E-state index contributed by atoms with van der Waals surface area (Å²) in [5.41, 5.74) is 0. The zero-order valence-electron chi connectivity index (χ0n) is 9.72. The Morgan fingerprint density at radius 3 is 2.86 bits per heavy atom. The smallest absolute Gasteiger partial charge is 0.00204 e. The zero-order valence-corrected chi connectivity index (χ0v) is 10.5. The lowest BCUT2D eigenvalue weighted by Gasteiger charge is -2.10. The molecular weight excluding hydrogens is 190 g/mol. The molecule has 1 rings (SSSR count). The Kier molecular flexibility index (Phi) is 6.70. The maximum atomic E-state index is 3.59. The van der Waals surface area contributed by atoms with Gasteiger partial charge in [0.2, 0.25) is 0 Å². The van der Waals surface area contributed by atoms with Gasteiger partial charge < -0.3 is 5.32 Å². The molecule has 2 heteroatoms. The molecule has 1 N–H and O–H groups in total. The first-order valence-corrected chi connectivity index (χ1v) is 7.26. The fourth-order valence-electron chi connectivity index (χ4n) is 2.26. The lowest BCUT2D eigenvalue weighted by molar-refractivity contribution is 0.472. The second-order valence-electron chi connectivity index (χ2n) is 4.54. The second kappa shape index (κ2) is 7.58. The van der Waals surface area contributed by atoms with Crippen molar-refractivity contribution in [1.29, 1.82) is 0 Å². The van der Waals surface area contributed by atoms with Crippen LogP contribution in [0.15, 0.2) is 0 Å². The van der Waals surface area contributed by atoms with Gasteiger partial charge in [-0.25, -0.2) is 0 Å². The minimum Gasteiger partial charge on any atom is -0.316 e. The Morgan fingerprint density at radius 2 is 2.21 bits per heavy atom. The van der Waals surface area contributed by atoms with E-state index in [0.29, 0.717) is 0 Å². The lowest BCUT2D eigenvalue weighted by Crippen LogP contribution is -2.22. The third-order valence-corrected chi connectivity index (χ3v) is 4.07. The van der Waals surface area contributed by atoms with Crippen molar-refractivity contribution in [3.05, 3.63) is 0 Å². The molecule has 1 aliphatic carbocycles. The summed E-state index contributed by atoms with van der Waals surface area (Å²) in [6.45, 7) is 7.11. The van der Waals surface area contributed by atoms with Crippen molar-refractivity contribution in [1.82, 2.24) is 5.32 Å². The van der Waals surface area contributed by atoms with Crippen LogP contribution in [-0.4, -0.2) is 24.6 Å². The van der Waals surface area contributed by atoms with Crippen LogP contribution >= 0.6 is 11.8 Å². The maximum absolute atomic E-state index is 3.59. The molecule has 0 aromatic carbocycles. The molecule has 0 amide bonds. The van der Waals surface area contributed by atoms with Gasteiger partial charge in [-0.3, -0.25) is 0 Å². The molecule has 14 heavy (non-hydrogen) atoms. The van der Waals surface area contributed by atoms with Crippen LogP contribution in [0.5, 0.6) is 0 Å². The van der Waals surface area contributed by atoms with E-state index in [2.05, 4.69) is 30.9 Å². The normalized spacial score (nSPS) is 27.0. The molecule has 0 aromatic rings. The van der Waals surface area contributed by atoms with Crippen molar-refractivity contribution in [2.75, 3.05) is 24.6 Å². The molecule has 0 spiro atoms. The Bertz CT molecular complexity index is 138. The number of hydrogen-bond donors (Lipinski definition) is 1. The van der Waals surface area contributed by atoms with E-state index in [9.17, 15) is 0 Å². The highest BCUT2D eigenvalue weighted by Crippen LogP contribution is 2.29. The van der Waals surface area contributed by atoms with Crippen molar-refractivity contribution in [3.8, 4) is 0 Å². The first kappa shape index (κ1) is 12.4. The highest BCUT2D eigenvalue weighted by molar-refractivity contribution is 7.99. The summed E-state index contributed by atoms with van der Waals surface area (Å²) in [6, 6.07) is 0. The summed E-state index contributed by atoms with van der Waals surface area (Å²) >= 11 is 2.05. The summed E-state index contributed by atoms with van der Waals surface area (Å²) in [5, 5.41) is 3.59. The maximum Gasteiger partial charge on any atom is -0.00204 e. The summed E-state index contributed by atoms with van der Waals surface area (Å²) in [7, 11) is 0. The quantitative estimate of drug-likeness (QED) is 0.655. The molecule has 0 aromatic heterocycles. The molecule has 0 heterocycles. The number of thioether (sulfide) groups is 1. The second-order valence-corrected chi connectivity index (χ2v) is 5.93. The average molecular weight is 215 g/mol. The molecule has 1 fully saturated rings. The van der Waals surface area contributed by atoms with Gasteiger partial charge in [-0.15, -0.1) is 0 Å². The highest BCUT2D eigenvalue weighted by Gasteiger charge is 2.20. The van der Waals surface area contributed by atoms with Gasteiger partial charge in [0.25, 0.3) is 0 Å². The van der Waals surface area contributed by atoms with Crippen molar-refractivity contribution in [2.45, 2.75) is 39.5 Å². The van der Waals surface area contributed by atoms with Crippen LogP contribution in [0.25, 0.3) is 0 Å². The van der Waals surface area contributed by atoms with Crippen LogP contribution in [0.1, 0.15) is 39.5 Å². The van der Waals surface area contributed by atoms with Gasteiger partial charge in [0, 0.05) is 0 Å². The van der Waals surface area contributed by atoms with E-state index in [4.69, 9.17) is 0 Å². The Morgan fingerprint density at radius 1 is 1.36 bits per heavy atom. The highest BCUT2D eigenvalue weighted by atomic mass is 32.2. The molecule has 1 saturated carbocycles. The molecule has 0 bridgehead atoms. The molecule has 1 aliphatic rings. The van der Waals surface area contributed by atoms with Crippen molar-refractivity contribution in [3.63, 3.8) is 0 Å². The van der Waals surface area contributed by atoms with Crippen LogP contribution in [0.2, 0.25) is 0 Å². The summed E-state index contributed by atoms with van der Waals surface area (Å²) in [6.07, 6.45) is 5.70. The van der Waals surface area contributed by atoms with Gasteiger partial charge in [0.15, 0.2) is 0 Å². The van der Waals surface area contributed by atoms with Crippen molar-refractivity contribution >= 4 is 11.8 Å². The van der Waals surface area contributed by atoms with E-state index in [1.54, 1.807) is 0 Å². The molecular formula is C12H25NS. The Balaban J connectivity index is 1.84. The van der Waals surface area contributed by atoms with Crippen LogP contribution < -0.4 is 5.32 Å². The van der Waals surface area contributed by atoms with E-state index < -0.39 is 0 Å². The third-order valence-electron chi connectivity index (χ3n) is 3.08. The van der Waals surface area contributed by atoms with Gasteiger partial charge in [-0.05, 0) is 55.7 Å². The van der Waals surface area contributed by atoms with E-state index in [-0.39, 0.29) is 0 Å². The largest absolute Gasteiger partial charge is 0.316 e. The van der Waals surface area contributed by atoms with E-state index >= 15 is 0 Å². The molecule has 0 aliphatic heterocycles. The molecule has 1 nitrogen and oxygen atoms in total. The lowest BCUT2D eigenvalue weighted by atomic mass is 10.1.